The Hall–Kier alpha value is -1.08. The van der Waals surface area contributed by atoms with Crippen molar-refractivity contribution < 1.29 is 5.11 Å². The lowest BCUT2D eigenvalue weighted by molar-refractivity contribution is 0.249. The number of rotatable bonds is 3. The summed E-state index contributed by atoms with van der Waals surface area (Å²) in [6, 6.07) is 10.2. The summed E-state index contributed by atoms with van der Waals surface area (Å²) in [5, 5.41) is 9.36. The van der Waals surface area contributed by atoms with E-state index in [1.165, 1.54) is 5.56 Å². The molecular formula is C12H14O. The molecule has 13 heavy (non-hydrogen) atoms. The summed E-state index contributed by atoms with van der Waals surface area (Å²) in [7, 11) is 0. The first-order chi connectivity index (χ1) is 6.33. The van der Waals surface area contributed by atoms with Gasteiger partial charge in [-0.05, 0) is 17.9 Å². The third kappa shape index (κ3) is 1.20. The quantitative estimate of drug-likeness (QED) is 0.696. The van der Waals surface area contributed by atoms with Crippen LogP contribution in [0.4, 0.5) is 0 Å². The highest BCUT2D eigenvalue weighted by molar-refractivity contribution is 5.36. The summed E-state index contributed by atoms with van der Waals surface area (Å²) in [6.45, 7) is 4.01. The second-order valence-electron chi connectivity index (χ2n) is 3.73. The molecule has 1 saturated carbocycles. The molecule has 1 aliphatic rings. The van der Waals surface area contributed by atoms with Gasteiger partial charge in [-0.15, -0.1) is 6.58 Å². The van der Waals surface area contributed by atoms with Crippen molar-refractivity contribution in [2.24, 2.45) is 5.92 Å². The number of aliphatic hydroxyl groups excluding tert-OH is 1. The van der Waals surface area contributed by atoms with Crippen molar-refractivity contribution in [2.45, 2.75) is 11.8 Å². The second kappa shape index (κ2) is 3.00. The van der Waals surface area contributed by atoms with E-state index < -0.39 is 0 Å². The molecule has 1 heteroatoms. The molecule has 0 heterocycles. The van der Waals surface area contributed by atoms with E-state index in [9.17, 15) is 5.11 Å². The molecule has 2 rings (SSSR count). The number of hydrogen-bond donors (Lipinski definition) is 1. The van der Waals surface area contributed by atoms with Crippen LogP contribution in [0.15, 0.2) is 43.0 Å². The van der Waals surface area contributed by atoms with Crippen LogP contribution in [0.25, 0.3) is 0 Å². The molecule has 0 amide bonds. The molecule has 0 saturated heterocycles. The van der Waals surface area contributed by atoms with Crippen LogP contribution in [0.1, 0.15) is 12.0 Å². The van der Waals surface area contributed by atoms with Gasteiger partial charge in [-0.25, -0.2) is 0 Å². The molecule has 1 fully saturated rings. The van der Waals surface area contributed by atoms with Gasteiger partial charge >= 0.3 is 0 Å². The molecule has 0 aliphatic heterocycles. The van der Waals surface area contributed by atoms with Crippen LogP contribution in [-0.4, -0.2) is 11.7 Å². The lowest BCUT2D eigenvalue weighted by atomic mass is 9.94. The highest BCUT2D eigenvalue weighted by Crippen LogP contribution is 2.54. The molecule has 0 radical (unpaired) electrons. The van der Waals surface area contributed by atoms with E-state index in [-0.39, 0.29) is 12.0 Å². The topological polar surface area (TPSA) is 20.2 Å². The summed E-state index contributed by atoms with van der Waals surface area (Å²) in [6.07, 6.45) is 2.99. The van der Waals surface area contributed by atoms with Crippen molar-refractivity contribution in [3.05, 3.63) is 48.6 Å². The van der Waals surface area contributed by atoms with Crippen molar-refractivity contribution in [3.63, 3.8) is 0 Å². The zero-order chi connectivity index (χ0) is 9.31. The Balaban J connectivity index is 2.30. The summed E-state index contributed by atoms with van der Waals surface area (Å²) in [4.78, 5) is 0. The number of benzene rings is 1. The minimum atomic E-state index is -0.0109. The van der Waals surface area contributed by atoms with Gasteiger partial charge in [0.05, 0.1) is 6.61 Å². The fourth-order valence-electron chi connectivity index (χ4n) is 2.02. The number of hydrogen-bond acceptors (Lipinski definition) is 1. The summed E-state index contributed by atoms with van der Waals surface area (Å²) >= 11 is 0. The summed E-state index contributed by atoms with van der Waals surface area (Å²) < 4.78 is 0. The minimum Gasteiger partial charge on any atom is -0.395 e. The average molecular weight is 174 g/mol. The van der Waals surface area contributed by atoms with Crippen molar-refractivity contribution in [1.29, 1.82) is 0 Å². The lowest BCUT2D eigenvalue weighted by Crippen LogP contribution is -2.14. The van der Waals surface area contributed by atoms with Crippen LogP contribution in [0.5, 0.6) is 0 Å². The van der Waals surface area contributed by atoms with Gasteiger partial charge < -0.3 is 5.11 Å². The predicted molar refractivity (Wildman–Crippen MR) is 53.5 cm³/mol. The second-order valence-corrected chi connectivity index (χ2v) is 3.73. The third-order valence-corrected chi connectivity index (χ3v) is 3.05. The fourth-order valence-corrected chi connectivity index (χ4v) is 2.02. The Bertz CT molecular complexity index is 304. The molecule has 1 aromatic carbocycles. The van der Waals surface area contributed by atoms with E-state index in [0.29, 0.717) is 5.92 Å². The van der Waals surface area contributed by atoms with Gasteiger partial charge in [-0.1, -0.05) is 36.4 Å². The molecule has 68 valence electrons. The van der Waals surface area contributed by atoms with E-state index in [1.807, 2.05) is 24.3 Å². The Kier molecular flexibility index (Phi) is 1.97. The Morgan fingerprint density at radius 3 is 2.62 bits per heavy atom. The summed E-state index contributed by atoms with van der Waals surface area (Å²) in [5.74, 6) is 0.458. The van der Waals surface area contributed by atoms with Gasteiger partial charge in [-0.3, -0.25) is 0 Å². The SMILES string of the molecule is C=C[C@@H]1C[C@@]1(CO)c1ccccc1. The van der Waals surface area contributed by atoms with Crippen molar-refractivity contribution in [2.75, 3.05) is 6.61 Å². The van der Waals surface area contributed by atoms with Crippen molar-refractivity contribution in [1.82, 2.24) is 0 Å². The molecule has 1 aliphatic carbocycles. The van der Waals surface area contributed by atoms with E-state index in [4.69, 9.17) is 0 Å². The molecule has 0 spiro atoms. The van der Waals surface area contributed by atoms with E-state index in [1.54, 1.807) is 0 Å². The minimum absolute atomic E-state index is 0.0109. The van der Waals surface area contributed by atoms with E-state index in [2.05, 4.69) is 18.7 Å². The highest BCUT2D eigenvalue weighted by Gasteiger charge is 2.52. The molecule has 1 nitrogen and oxygen atoms in total. The smallest absolute Gasteiger partial charge is 0.0533 e. The molecule has 0 unspecified atom stereocenters. The van der Waals surface area contributed by atoms with Crippen LogP contribution < -0.4 is 0 Å². The Morgan fingerprint density at radius 1 is 1.46 bits per heavy atom. The molecule has 0 aromatic heterocycles. The van der Waals surface area contributed by atoms with Crippen LogP contribution in [0.2, 0.25) is 0 Å². The third-order valence-electron chi connectivity index (χ3n) is 3.05. The number of aliphatic hydroxyl groups is 1. The monoisotopic (exact) mass is 174 g/mol. The summed E-state index contributed by atoms with van der Waals surface area (Å²) in [5.41, 5.74) is 1.23. The Labute approximate surface area is 78.7 Å². The fraction of sp³-hybridized carbons (Fsp3) is 0.333. The van der Waals surface area contributed by atoms with Crippen molar-refractivity contribution >= 4 is 0 Å². The number of allylic oxidation sites excluding steroid dienone is 1. The predicted octanol–water partition coefficient (Wildman–Crippen LogP) is 2.12. The van der Waals surface area contributed by atoms with Gasteiger partial charge in [0.2, 0.25) is 0 Å². The lowest BCUT2D eigenvalue weighted by Gasteiger charge is -2.13. The normalized spacial score (nSPS) is 31.3. The zero-order valence-corrected chi connectivity index (χ0v) is 7.61. The first-order valence-corrected chi connectivity index (χ1v) is 4.62. The molecule has 0 bridgehead atoms. The average Bonchev–Trinajstić information content (AvgIpc) is 2.94. The van der Waals surface area contributed by atoms with Gasteiger partial charge in [0.1, 0.15) is 0 Å². The molecule has 2 atom stereocenters. The maximum absolute atomic E-state index is 9.36. The van der Waals surface area contributed by atoms with Gasteiger partial charge in [0, 0.05) is 5.41 Å². The van der Waals surface area contributed by atoms with Gasteiger partial charge in [0.25, 0.3) is 0 Å². The van der Waals surface area contributed by atoms with Crippen LogP contribution >= 0.6 is 0 Å². The van der Waals surface area contributed by atoms with Gasteiger partial charge in [0.15, 0.2) is 0 Å². The highest BCUT2D eigenvalue weighted by atomic mass is 16.3. The van der Waals surface area contributed by atoms with Gasteiger partial charge in [-0.2, -0.15) is 0 Å². The zero-order valence-electron chi connectivity index (χ0n) is 7.61. The first kappa shape index (κ1) is 8.52. The molecular weight excluding hydrogens is 160 g/mol. The van der Waals surface area contributed by atoms with Crippen LogP contribution in [0.3, 0.4) is 0 Å². The first-order valence-electron chi connectivity index (χ1n) is 4.62. The standard InChI is InChI=1S/C12H14O/c1-2-10-8-12(10,9-13)11-6-4-3-5-7-11/h2-7,10,13H,1,8-9H2/t10-,12+/m1/s1. The van der Waals surface area contributed by atoms with Crippen LogP contribution in [-0.2, 0) is 5.41 Å². The largest absolute Gasteiger partial charge is 0.395 e. The van der Waals surface area contributed by atoms with E-state index in [0.717, 1.165) is 6.42 Å². The maximum Gasteiger partial charge on any atom is 0.0533 e. The van der Waals surface area contributed by atoms with E-state index >= 15 is 0 Å². The molecule has 1 aromatic rings. The maximum atomic E-state index is 9.36. The van der Waals surface area contributed by atoms with Crippen LogP contribution in [0, 0.1) is 5.92 Å². The molecule has 1 N–H and O–H groups in total. The Morgan fingerprint density at radius 2 is 2.15 bits per heavy atom. The van der Waals surface area contributed by atoms with Crippen molar-refractivity contribution in [3.8, 4) is 0 Å².